The fourth-order valence-electron chi connectivity index (χ4n) is 5.26. The molecule has 0 spiro atoms. The molecule has 0 radical (unpaired) electrons. The van der Waals surface area contributed by atoms with E-state index in [-0.39, 0.29) is 28.9 Å². The van der Waals surface area contributed by atoms with Gasteiger partial charge in [0.2, 0.25) is 5.43 Å². The van der Waals surface area contributed by atoms with Gasteiger partial charge in [-0.15, -0.1) is 0 Å². The molecule has 0 saturated carbocycles. The third-order valence-corrected chi connectivity index (χ3v) is 7.47. The van der Waals surface area contributed by atoms with Crippen molar-refractivity contribution in [2.45, 2.75) is 18.8 Å². The van der Waals surface area contributed by atoms with Crippen LogP contribution >= 0.6 is 0 Å². The van der Waals surface area contributed by atoms with Crippen LogP contribution in [-0.2, 0) is 11.2 Å². The van der Waals surface area contributed by atoms with Crippen LogP contribution in [0.3, 0.4) is 0 Å². The molecular formula is C34H28O8. The molecule has 8 nitrogen and oxygen atoms in total. The summed E-state index contributed by atoms with van der Waals surface area (Å²) in [6.07, 6.45) is 2.16. The SMILES string of the molecule is COc1ccc(CCOc2ccc([C@@H]3CC(=O)Oc4cc(O)c5c(=O)c(-c6ccc(OC)cc6)coc5c43)cc2)cc1. The smallest absolute Gasteiger partial charge is 0.312 e. The van der Waals surface area contributed by atoms with Crippen LogP contribution in [0.5, 0.6) is 28.7 Å². The maximum absolute atomic E-state index is 13.6. The number of phenolic OH excluding ortho intramolecular Hbond substituents is 1. The van der Waals surface area contributed by atoms with E-state index in [1.165, 1.54) is 12.3 Å². The number of fused-ring (bicyclic) bond motifs is 3. The second-order valence-electron chi connectivity index (χ2n) is 9.96. The summed E-state index contributed by atoms with van der Waals surface area (Å²) in [6.45, 7) is 0.496. The van der Waals surface area contributed by atoms with Crippen LogP contribution in [0.1, 0.15) is 29.0 Å². The number of aromatic hydroxyl groups is 1. The first-order valence-electron chi connectivity index (χ1n) is 13.5. The lowest BCUT2D eigenvalue weighted by Gasteiger charge is -2.26. The Balaban J connectivity index is 1.29. The molecule has 0 aliphatic carbocycles. The Bertz CT molecular complexity index is 1800. The van der Waals surface area contributed by atoms with E-state index in [1.54, 1.807) is 38.5 Å². The van der Waals surface area contributed by atoms with Crippen LogP contribution in [0.25, 0.3) is 22.1 Å². The summed E-state index contributed by atoms with van der Waals surface area (Å²) in [7, 11) is 3.20. The number of ether oxygens (including phenoxy) is 4. The van der Waals surface area contributed by atoms with Gasteiger partial charge in [-0.2, -0.15) is 0 Å². The van der Waals surface area contributed by atoms with Gasteiger partial charge >= 0.3 is 5.97 Å². The predicted molar refractivity (Wildman–Crippen MR) is 157 cm³/mol. The van der Waals surface area contributed by atoms with Crippen molar-refractivity contribution in [1.82, 2.24) is 0 Å². The van der Waals surface area contributed by atoms with Crippen molar-refractivity contribution in [2.24, 2.45) is 0 Å². The van der Waals surface area contributed by atoms with Crippen LogP contribution in [0, 0.1) is 0 Å². The van der Waals surface area contributed by atoms with E-state index in [9.17, 15) is 14.7 Å². The molecule has 1 atom stereocenters. The summed E-state index contributed by atoms with van der Waals surface area (Å²) in [5.74, 6) is 1.11. The molecule has 6 rings (SSSR count). The topological polar surface area (TPSA) is 104 Å². The summed E-state index contributed by atoms with van der Waals surface area (Å²) in [5.41, 5.74) is 3.20. The molecule has 1 aliphatic rings. The molecule has 42 heavy (non-hydrogen) atoms. The Morgan fingerprint density at radius 1 is 0.857 bits per heavy atom. The van der Waals surface area contributed by atoms with E-state index in [4.69, 9.17) is 23.4 Å². The van der Waals surface area contributed by atoms with E-state index in [0.29, 0.717) is 34.8 Å². The number of methoxy groups -OCH3 is 2. The van der Waals surface area contributed by atoms with Gasteiger partial charge in [-0.1, -0.05) is 36.4 Å². The molecule has 1 aliphatic heterocycles. The lowest BCUT2D eigenvalue weighted by molar-refractivity contribution is -0.135. The van der Waals surface area contributed by atoms with Crippen LogP contribution in [0.4, 0.5) is 0 Å². The first-order chi connectivity index (χ1) is 20.4. The normalized spacial score (nSPS) is 14.2. The zero-order chi connectivity index (χ0) is 29.2. The predicted octanol–water partition coefficient (Wildman–Crippen LogP) is 6.25. The molecule has 5 aromatic rings. The molecule has 4 aromatic carbocycles. The molecule has 0 bridgehead atoms. The highest BCUT2D eigenvalue weighted by Crippen LogP contribution is 2.45. The number of phenols is 1. The van der Waals surface area contributed by atoms with Gasteiger partial charge in [0.15, 0.2) is 0 Å². The summed E-state index contributed by atoms with van der Waals surface area (Å²) < 4.78 is 27.9. The third-order valence-electron chi connectivity index (χ3n) is 7.47. The standard InChI is InChI=1S/C34H28O8/c1-38-23-9-3-20(4-10-23)15-16-40-25-13-7-21(8-14-25)26-17-30(36)42-29-18-28(35)32-33(37)27(19-41-34(32)31(26)29)22-5-11-24(39-2)12-6-22/h3-14,18-19,26,35H,15-17H2,1-2H3/t26-/m0/s1. The van der Waals surface area contributed by atoms with E-state index in [1.807, 2.05) is 48.5 Å². The Labute approximate surface area is 241 Å². The van der Waals surface area contributed by atoms with Crippen molar-refractivity contribution in [3.05, 3.63) is 112 Å². The van der Waals surface area contributed by atoms with Gasteiger partial charge in [0.05, 0.1) is 32.8 Å². The first kappa shape index (κ1) is 27.0. The van der Waals surface area contributed by atoms with Crippen LogP contribution < -0.4 is 24.4 Å². The summed E-state index contributed by atoms with van der Waals surface area (Å²) in [4.78, 5) is 26.2. The Hall–Kier alpha value is -5.24. The van der Waals surface area contributed by atoms with Crippen LogP contribution in [0.15, 0.2) is 94.3 Å². The van der Waals surface area contributed by atoms with E-state index in [0.717, 1.165) is 23.3 Å². The minimum absolute atomic E-state index is 0.0310. The minimum atomic E-state index is -0.451. The number of carbonyl (C=O) groups excluding carboxylic acids is 1. The number of hydrogen-bond donors (Lipinski definition) is 1. The van der Waals surface area contributed by atoms with E-state index in [2.05, 4.69) is 0 Å². The summed E-state index contributed by atoms with van der Waals surface area (Å²) in [5, 5.41) is 10.9. The molecule has 0 fully saturated rings. The van der Waals surface area contributed by atoms with E-state index < -0.39 is 17.3 Å². The van der Waals surface area contributed by atoms with Crippen molar-refractivity contribution >= 4 is 16.9 Å². The second-order valence-corrected chi connectivity index (χ2v) is 9.96. The average Bonchev–Trinajstić information content (AvgIpc) is 3.01. The molecule has 0 amide bonds. The number of carbonyl (C=O) groups is 1. The molecule has 2 heterocycles. The third kappa shape index (κ3) is 5.14. The zero-order valence-electron chi connectivity index (χ0n) is 23.1. The zero-order valence-corrected chi connectivity index (χ0v) is 23.1. The Kier molecular flexibility index (Phi) is 7.27. The Morgan fingerprint density at radius 3 is 2.17 bits per heavy atom. The molecule has 0 saturated heterocycles. The minimum Gasteiger partial charge on any atom is -0.507 e. The van der Waals surface area contributed by atoms with Gasteiger partial charge in [0.25, 0.3) is 0 Å². The van der Waals surface area contributed by atoms with Gasteiger partial charge < -0.3 is 28.5 Å². The quantitative estimate of drug-likeness (QED) is 0.174. The molecule has 212 valence electrons. The number of rotatable bonds is 8. The Morgan fingerprint density at radius 2 is 1.50 bits per heavy atom. The van der Waals surface area contributed by atoms with Gasteiger partial charge in [-0.3, -0.25) is 9.59 Å². The van der Waals surface area contributed by atoms with Crippen molar-refractivity contribution in [3.63, 3.8) is 0 Å². The molecular weight excluding hydrogens is 536 g/mol. The second kappa shape index (κ2) is 11.3. The summed E-state index contributed by atoms with van der Waals surface area (Å²) in [6, 6.07) is 23.6. The number of hydrogen-bond acceptors (Lipinski definition) is 8. The van der Waals surface area contributed by atoms with Gasteiger partial charge in [0, 0.05) is 24.0 Å². The van der Waals surface area contributed by atoms with Gasteiger partial charge in [0.1, 0.15) is 46.0 Å². The van der Waals surface area contributed by atoms with Crippen LogP contribution in [0.2, 0.25) is 0 Å². The highest BCUT2D eigenvalue weighted by molar-refractivity contribution is 5.94. The maximum Gasteiger partial charge on any atom is 0.312 e. The van der Waals surface area contributed by atoms with Crippen LogP contribution in [-0.4, -0.2) is 31.9 Å². The number of esters is 1. The maximum atomic E-state index is 13.6. The fraction of sp³-hybridized carbons (Fsp3) is 0.176. The molecule has 1 aromatic heterocycles. The van der Waals surface area contributed by atoms with Gasteiger partial charge in [-0.05, 0) is 53.1 Å². The average molecular weight is 565 g/mol. The lowest BCUT2D eigenvalue weighted by Crippen LogP contribution is -2.22. The van der Waals surface area contributed by atoms with Crippen molar-refractivity contribution in [3.8, 4) is 39.9 Å². The van der Waals surface area contributed by atoms with Gasteiger partial charge in [-0.25, -0.2) is 0 Å². The highest BCUT2D eigenvalue weighted by atomic mass is 16.5. The number of benzene rings is 4. The lowest BCUT2D eigenvalue weighted by atomic mass is 9.85. The van der Waals surface area contributed by atoms with E-state index >= 15 is 0 Å². The fourth-order valence-corrected chi connectivity index (χ4v) is 5.26. The molecule has 1 N–H and O–H groups in total. The molecule has 0 unspecified atom stereocenters. The van der Waals surface area contributed by atoms with Crippen molar-refractivity contribution in [2.75, 3.05) is 20.8 Å². The largest absolute Gasteiger partial charge is 0.507 e. The van der Waals surface area contributed by atoms with Crippen molar-refractivity contribution < 1.29 is 33.3 Å². The highest BCUT2D eigenvalue weighted by Gasteiger charge is 2.33. The monoisotopic (exact) mass is 564 g/mol. The van der Waals surface area contributed by atoms with Crippen molar-refractivity contribution in [1.29, 1.82) is 0 Å². The molecule has 8 heteroatoms. The summed E-state index contributed by atoms with van der Waals surface area (Å²) >= 11 is 0. The first-order valence-corrected chi connectivity index (χ1v) is 13.5.